The molecule has 9 nitrogen and oxygen atoms in total. The molecule has 3 aromatic heterocycles. The van der Waals surface area contributed by atoms with E-state index in [1.165, 1.54) is 6.33 Å². The van der Waals surface area contributed by atoms with E-state index in [9.17, 15) is 4.79 Å². The van der Waals surface area contributed by atoms with E-state index in [2.05, 4.69) is 31.2 Å². The van der Waals surface area contributed by atoms with E-state index in [0.717, 1.165) is 11.3 Å². The van der Waals surface area contributed by atoms with Crippen molar-refractivity contribution in [2.45, 2.75) is 25.0 Å². The van der Waals surface area contributed by atoms with Gasteiger partial charge in [-0.05, 0) is 24.6 Å². The third-order valence-electron chi connectivity index (χ3n) is 4.06. The molecule has 0 aliphatic carbocycles. The highest BCUT2D eigenvalue weighted by atomic mass is 16.3. The molecule has 9 heteroatoms. The molecule has 2 unspecified atom stereocenters. The second-order valence-electron chi connectivity index (χ2n) is 5.69. The Hall–Kier alpha value is -3.04. The zero-order chi connectivity index (χ0) is 17.1. The van der Waals surface area contributed by atoms with E-state index < -0.39 is 0 Å². The van der Waals surface area contributed by atoms with Gasteiger partial charge in [-0.1, -0.05) is 6.07 Å². The molecule has 4 rings (SSSR count). The zero-order valence-electron chi connectivity index (χ0n) is 13.3. The van der Waals surface area contributed by atoms with Crippen molar-refractivity contribution < 1.29 is 9.21 Å². The Labute approximate surface area is 143 Å². The molecule has 1 aliphatic rings. The Bertz CT molecular complexity index is 832. The first-order valence-corrected chi connectivity index (χ1v) is 7.92. The van der Waals surface area contributed by atoms with Crippen LogP contribution in [0.5, 0.6) is 0 Å². The number of hydrazine groups is 1. The summed E-state index contributed by atoms with van der Waals surface area (Å²) in [6, 6.07) is 7.09. The van der Waals surface area contributed by atoms with Gasteiger partial charge in [0, 0.05) is 18.3 Å². The Morgan fingerprint density at radius 3 is 3.12 bits per heavy atom. The van der Waals surface area contributed by atoms with E-state index in [-0.39, 0.29) is 18.0 Å². The maximum absolute atomic E-state index is 12.4. The van der Waals surface area contributed by atoms with Crippen LogP contribution in [0.15, 0.2) is 53.8 Å². The van der Waals surface area contributed by atoms with E-state index in [4.69, 9.17) is 4.42 Å². The maximum atomic E-state index is 12.4. The van der Waals surface area contributed by atoms with Gasteiger partial charge in [0.05, 0.1) is 12.3 Å². The largest absolute Gasteiger partial charge is 0.468 e. The number of hydrogen-bond acceptors (Lipinski definition) is 7. The molecular formula is C16H17N7O2. The summed E-state index contributed by atoms with van der Waals surface area (Å²) >= 11 is 0. The lowest BCUT2D eigenvalue weighted by Crippen LogP contribution is -2.43. The van der Waals surface area contributed by atoms with Gasteiger partial charge in [-0.3, -0.25) is 4.79 Å². The number of rotatable bonds is 5. The molecule has 1 aliphatic heterocycles. The quantitative estimate of drug-likeness (QED) is 0.620. The Morgan fingerprint density at radius 2 is 2.32 bits per heavy atom. The molecule has 1 saturated heterocycles. The summed E-state index contributed by atoms with van der Waals surface area (Å²) in [6.07, 6.45) is 6.93. The van der Waals surface area contributed by atoms with E-state index >= 15 is 0 Å². The summed E-state index contributed by atoms with van der Waals surface area (Å²) in [5.74, 6) is 1.37. The Kier molecular flexibility index (Phi) is 4.23. The number of furan rings is 1. The molecule has 1 amide bonds. The van der Waals surface area contributed by atoms with Gasteiger partial charge in [-0.25, -0.2) is 25.5 Å². The molecule has 0 spiro atoms. The highest BCUT2D eigenvalue weighted by Crippen LogP contribution is 2.22. The topological polar surface area (TPSA) is 110 Å². The number of nitrogens with one attached hydrogen (secondary N) is 3. The Morgan fingerprint density at radius 1 is 1.36 bits per heavy atom. The fourth-order valence-corrected chi connectivity index (χ4v) is 2.80. The van der Waals surface area contributed by atoms with Crippen molar-refractivity contribution in [2.75, 3.05) is 0 Å². The summed E-state index contributed by atoms with van der Waals surface area (Å²) in [5.41, 5.74) is 6.95. The lowest BCUT2D eigenvalue weighted by Gasteiger charge is -2.12. The van der Waals surface area contributed by atoms with E-state index in [1.54, 1.807) is 23.5 Å². The van der Waals surface area contributed by atoms with E-state index in [0.29, 0.717) is 18.8 Å². The number of aromatic nitrogens is 4. The molecule has 0 bridgehead atoms. The van der Waals surface area contributed by atoms with Crippen LogP contribution in [-0.4, -0.2) is 31.7 Å². The summed E-state index contributed by atoms with van der Waals surface area (Å²) in [5, 5.41) is 7.02. The molecule has 2 atom stereocenters. The van der Waals surface area contributed by atoms with Crippen molar-refractivity contribution >= 4 is 5.91 Å². The van der Waals surface area contributed by atoms with Crippen LogP contribution >= 0.6 is 0 Å². The SMILES string of the molecule is O=C(NCc1cccnc1-n1cncn1)C1CC(c2ccco2)NN1. The predicted octanol–water partition coefficient (Wildman–Crippen LogP) is 0.479. The first-order valence-electron chi connectivity index (χ1n) is 7.92. The third kappa shape index (κ3) is 3.28. The average molecular weight is 339 g/mol. The first-order chi connectivity index (χ1) is 12.3. The Balaban J connectivity index is 1.39. The molecule has 0 radical (unpaired) electrons. The van der Waals surface area contributed by atoms with Crippen LogP contribution in [0.3, 0.4) is 0 Å². The molecule has 25 heavy (non-hydrogen) atoms. The number of pyridine rings is 1. The lowest BCUT2D eigenvalue weighted by molar-refractivity contribution is -0.123. The van der Waals surface area contributed by atoms with Crippen molar-refractivity contribution in [3.05, 3.63) is 60.7 Å². The molecule has 0 saturated carbocycles. The number of hydrogen-bond donors (Lipinski definition) is 3. The first kappa shape index (κ1) is 15.5. The number of amides is 1. The highest BCUT2D eigenvalue weighted by Gasteiger charge is 2.31. The van der Waals surface area contributed by atoms with Crippen molar-refractivity contribution in [3.8, 4) is 5.82 Å². The standard InChI is InChI=1S/C16H17N7O2/c24-16(13-7-12(21-22-13)14-4-2-6-25-14)19-8-11-3-1-5-18-15(11)23-10-17-9-20-23/h1-6,9-10,12-13,21-22H,7-8H2,(H,19,24). The van der Waals surface area contributed by atoms with Gasteiger partial charge in [0.1, 0.15) is 24.5 Å². The fourth-order valence-electron chi connectivity index (χ4n) is 2.80. The van der Waals surface area contributed by atoms with Gasteiger partial charge in [-0.2, -0.15) is 5.10 Å². The lowest BCUT2D eigenvalue weighted by atomic mass is 10.1. The monoisotopic (exact) mass is 339 g/mol. The van der Waals surface area contributed by atoms with Gasteiger partial charge in [0.25, 0.3) is 0 Å². The molecule has 3 aromatic rings. The van der Waals surface area contributed by atoms with Crippen molar-refractivity contribution in [2.24, 2.45) is 0 Å². The van der Waals surface area contributed by atoms with Gasteiger partial charge in [0.15, 0.2) is 5.82 Å². The fraction of sp³-hybridized carbons (Fsp3) is 0.250. The van der Waals surface area contributed by atoms with Crippen LogP contribution in [0, 0.1) is 0 Å². The minimum Gasteiger partial charge on any atom is -0.468 e. The molecule has 128 valence electrons. The van der Waals surface area contributed by atoms with Crippen LogP contribution in [0.2, 0.25) is 0 Å². The van der Waals surface area contributed by atoms with Crippen molar-refractivity contribution in [1.82, 2.24) is 35.9 Å². The summed E-state index contributed by atoms with van der Waals surface area (Å²) in [7, 11) is 0. The molecular weight excluding hydrogens is 322 g/mol. The second kappa shape index (κ2) is 6.83. The summed E-state index contributed by atoms with van der Waals surface area (Å²) in [6.45, 7) is 0.353. The van der Waals surface area contributed by atoms with Crippen molar-refractivity contribution in [3.63, 3.8) is 0 Å². The zero-order valence-corrected chi connectivity index (χ0v) is 13.3. The normalized spacial score (nSPS) is 19.8. The van der Waals surface area contributed by atoms with Crippen LogP contribution in [0.1, 0.15) is 23.8 Å². The van der Waals surface area contributed by atoms with Gasteiger partial charge < -0.3 is 9.73 Å². The van der Waals surface area contributed by atoms with Gasteiger partial charge in [-0.15, -0.1) is 0 Å². The molecule has 3 N–H and O–H groups in total. The van der Waals surface area contributed by atoms with Crippen LogP contribution < -0.4 is 16.2 Å². The number of carbonyl (C=O) groups is 1. The van der Waals surface area contributed by atoms with Gasteiger partial charge >= 0.3 is 0 Å². The van der Waals surface area contributed by atoms with Crippen LogP contribution in [0.25, 0.3) is 5.82 Å². The van der Waals surface area contributed by atoms with E-state index in [1.807, 2.05) is 24.3 Å². The average Bonchev–Trinajstić information content (AvgIpc) is 3.41. The smallest absolute Gasteiger partial charge is 0.238 e. The summed E-state index contributed by atoms with van der Waals surface area (Å²) < 4.78 is 6.95. The highest BCUT2D eigenvalue weighted by molar-refractivity contribution is 5.82. The minimum atomic E-state index is -0.332. The minimum absolute atomic E-state index is 0.0187. The molecule has 4 heterocycles. The van der Waals surface area contributed by atoms with Crippen LogP contribution in [0.4, 0.5) is 0 Å². The van der Waals surface area contributed by atoms with Crippen LogP contribution in [-0.2, 0) is 11.3 Å². The summed E-state index contributed by atoms with van der Waals surface area (Å²) in [4.78, 5) is 20.7. The predicted molar refractivity (Wildman–Crippen MR) is 87.1 cm³/mol. The van der Waals surface area contributed by atoms with Gasteiger partial charge in [0.2, 0.25) is 5.91 Å². The van der Waals surface area contributed by atoms with Crippen molar-refractivity contribution in [1.29, 1.82) is 0 Å². The second-order valence-corrected chi connectivity index (χ2v) is 5.69. The third-order valence-corrected chi connectivity index (χ3v) is 4.06. The molecule has 1 fully saturated rings. The number of nitrogens with zero attached hydrogens (tertiary/aromatic N) is 4. The number of carbonyl (C=O) groups excluding carboxylic acids is 1. The maximum Gasteiger partial charge on any atom is 0.238 e. The molecule has 0 aromatic carbocycles.